The minimum atomic E-state index is -0.997. The predicted octanol–water partition coefficient (Wildman–Crippen LogP) is 2.57. The van der Waals surface area contributed by atoms with Crippen LogP contribution in [0.5, 0.6) is 0 Å². The minimum absolute atomic E-state index is 0.0165. The monoisotopic (exact) mass is 308 g/mol. The fraction of sp³-hybridized carbons (Fsp3) is 0.533. The normalized spacial score (nSPS) is 21.8. The molecule has 1 saturated carbocycles. The second-order valence-electron chi connectivity index (χ2n) is 5.41. The van der Waals surface area contributed by atoms with E-state index in [9.17, 15) is 9.59 Å². The highest BCUT2D eigenvalue weighted by molar-refractivity contribution is 7.99. The summed E-state index contributed by atoms with van der Waals surface area (Å²) in [6, 6.07) is 3.41. The summed E-state index contributed by atoms with van der Waals surface area (Å²) in [7, 11) is 0. The molecule has 0 spiro atoms. The van der Waals surface area contributed by atoms with Crippen LogP contribution in [0.2, 0.25) is 0 Å². The van der Waals surface area contributed by atoms with E-state index in [1.807, 2.05) is 0 Å². The first-order valence-electron chi connectivity index (χ1n) is 7.18. The van der Waals surface area contributed by atoms with Crippen LogP contribution in [-0.4, -0.2) is 33.8 Å². The third-order valence-electron chi connectivity index (χ3n) is 3.79. The second-order valence-corrected chi connectivity index (χ2v) is 6.41. The number of carboxylic acid groups (broad SMARTS) is 1. The third kappa shape index (κ3) is 4.74. The zero-order valence-corrected chi connectivity index (χ0v) is 12.9. The van der Waals surface area contributed by atoms with E-state index < -0.39 is 5.97 Å². The van der Waals surface area contributed by atoms with Crippen molar-refractivity contribution in [3.05, 3.63) is 23.9 Å². The first kappa shape index (κ1) is 15.8. The molecule has 2 N–H and O–H groups in total. The first-order chi connectivity index (χ1) is 10.1. The van der Waals surface area contributed by atoms with Crippen LogP contribution in [0.4, 0.5) is 0 Å². The van der Waals surface area contributed by atoms with Gasteiger partial charge in [-0.25, -0.2) is 9.78 Å². The SMILES string of the molecule is CC1CCCCC1NC(=O)CSc1ccc(C(=O)O)cn1. The van der Waals surface area contributed by atoms with Crippen molar-refractivity contribution in [2.24, 2.45) is 5.92 Å². The number of hydrogen-bond donors (Lipinski definition) is 2. The summed E-state index contributed by atoms with van der Waals surface area (Å²) in [4.78, 5) is 26.7. The summed E-state index contributed by atoms with van der Waals surface area (Å²) in [6.45, 7) is 2.18. The van der Waals surface area contributed by atoms with Crippen LogP contribution < -0.4 is 5.32 Å². The van der Waals surface area contributed by atoms with E-state index in [1.54, 1.807) is 6.07 Å². The topological polar surface area (TPSA) is 79.3 Å². The molecule has 0 bridgehead atoms. The molecule has 1 aliphatic rings. The van der Waals surface area contributed by atoms with Crippen LogP contribution >= 0.6 is 11.8 Å². The van der Waals surface area contributed by atoms with Gasteiger partial charge in [0.2, 0.25) is 5.91 Å². The van der Waals surface area contributed by atoms with Crippen molar-refractivity contribution >= 4 is 23.6 Å². The Bertz CT molecular complexity index is 504. The van der Waals surface area contributed by atoms with Gasteiger partial charge in [-0.15, -0.1) is 0 Å². The molecule has 0 radical (unpaired) electrons. The Morgan fingerprint density at radius 2 is 2.14 bits per heavy atom. The van der Waals surface area contributed by atoms with E-state index in [1.165, 1.54) is 43.3 Å². The van der Waals surface area contributed by atoms with Crippen molar-refractivity contribution in [2.45, 2.75) is 43.7 Å². The molecule has 6 heteroatoms. The summed E-state index contributed by atoms with van der Waals surface area (Å²) in [5, 5.41) is 12.5. The van der Waals surface area contributed by atoms with E-state index in [0.717, 1.165) is 6.42 Å². The highest BCUT2D eigenvalue weighted by atomic mass is 32.2. The quantitative estimate of drug-likeness (QED) is 0.817. The Morgan fingerprint density at radius 1 is 1.38 bits per heavy atom. The van der Waals surface area contributed by atoms with Gasteiger partial charge in [0, 0.05) is 12.2 Å². The smallest absolute Gasteiger partial charge is 0.337 e. The third-order valence-corrected chi connectivity index (χ3v) is 4.74. The fourth-order valence-corrected chi connectivity index (χ4v) is 3.16. The van der Waals surface area contributed by atoms with Crippen molar-refractivity contribution in [2.75, 3.05) is 5.75 Å². The number of nitrogens with one attached hydrogen (secondary N) is 1. The standard InChI is InChI=1S/C15H20N2O3S/c1-10-4-2-3-5-12(10)17-13(18)9-21-14-7-6-11(8-16-14)15(19)20/h6-8,10,12H,2-5,9H2,1H3,(H,17,18)(H,19,20). The Kier molecular flexibility index (Phi) is 5.61. The number of carboxylic acids is 1. The van der Waals surface area contributed by atoms with Crippen molar-refractivity contribution in [1.82, 2.24) is 10.3 Å². The molecule has 0 aromatic carbocycles. The molecule has 21 heavy (non-hydrogen) atoms. The molecule has 1 aromatic heterocycles. The summed E-state index contributed by atoms with van der Waals surface area (Å²) < 4.78 is 0. The number of pyridine rings is 1. The lowest BCUT2D eigenvalue weighted by Crippen LogP contribution is -2.41. The number of thioether (sulfide) groups is 1. The molecule has 1 heterocycles. The van der Waals surface area contributed by atoms with Crippen molar-refractivity contribution in [1.29, 1.82) is 0 Å². The molecule has 5 nitrogen and oxygen atoms in total. The van der Waals surface area contributed by atoms with Gasteiger partial charge in [-0.1, -0.05) is 31.5 Å². The van der Waals surface area contributed by atoms with E-state index in [0.29, 0.717) is 16.7 Å². The van der Waals surface area contributed by atoms with Gasteiger partial charge in [-0.3, -0.25) is 4.79 Å². The van der Waals surface area contributed by atoms with Crippen molar-refractivity contribution in [3.63, 3.8) is 0 Å². The fourth-order valence-electron chi connectivity index (χ4n) is 2.51. The Hall–Kier alpha value is -1.56. The highest BCUT2D eigenvalue weighted by Crippen LogP contribution is 2.24. The number of rotatable bonds is 5. The lowest BCUT2D eigenvalue weighted by atomic mass is 9.86. The summed E-state index contributed by atoms with van der Waals surface area (Å²) in [5.74, 6) is -0.130. The Morgan fingerprint density at radius 3 is 2.76 bits per heavy atom. The molecule has 1 fully saturated rings. The molecule has 1 amide bonds. The summed E-state index contributed by atoms with van der Waals surface area (Å²) >= 11 is 1.32. The number of hydrogen-bond acceptors (Lipinski definition) is 4. The lowest BCUT2D eigenvalue weighted by Gasteiger charge is -2.29. The van der Waals surface area contributed by atoms with Gasteiger partial charge >= 0.3 is 5.97 Å². The Labute approximate surface area is 128 Å². The van der Waals surface area contributed by atoms with Crippen LogP contribution in [0.3, 0.4) is 0 Å². The average molecular weight is 308 g/mol. The number of amides is 1. The van der Waals surface area contributed by atoms with Crippen LogP contribution in [0.1, 0.15) is 43.0 Å². The molecule has 1 aromatic rings. The highest BCUT2D eigenvalue weighted by Gasteiger charge is 2.22. The van der Waals surface area contributed by atoms with Gasteiger partial charge in [0.1, 0.15) is 0 Å². The second kappa shape index (κ2) is 7.45. The molecule has 2 atom stereocenters. The average Bonchev–Trinajstić information content (AvgIpc) is 2.48. The van der Waals surface area contributed by atoms with Gasteiger partial charge in [0.25, 0.3) is 0 Å². The Balaban J connectivity index is 1.79. The van der Waals surface area contributed by atoms with Crippen LogP contribution in [-0.2, 0) is 4.79 Å². The van der Waals surface area contributed by atoms with Crippen LogP contribution in [0, 0.1) is 5.92 Å². The maximum Gasteiger partial charge on any atom is 0.337 e. The van der Waals surface area contributed by atoms with Crippen molar-refractivity contribution in [3.8, 4) is 0 Å². The van der Waals surface area contributed by atoms with Crippen LogP contribution in [0.15, 0.2) is 23.4 Å². The number of nitrogens with zero attached hydrogens (tertiary/aromatic N) is 1. The number of carbonyl (C=O) groups excluding carboxylic acids is 1. The molecular formula is C15H20N2O3S. The van der Waals surface area contributed by atoms with Crippen LogP contribution in [0.25, 0.3) is 0 Å². The number of aromatic nitrogens is 1. The zero-order chi connectivity index (χ0) is 15.2. The summed E-state index contributed by atoms with van der Waals surface area (Å²) in [5.41, 5.74) is 0.153. The summed E-state index contributed by atoms with van der Waals surface area (Å²) in [6.07, 6.45) is 5.98. The van der Waals surface area contributed by atoms with Gasteiger partial charge in [0.05, 0.1) is 16.3 Å². The first-order valence-corrected chi connectivity index (χ1v) is 8.16. The lowest BCUT2D eigenvalue weighted by molar-refractivity contribution is -0.119. The van der Waals surface area contributed by atoms with Gasteiger partial charge in [0.15, 0.2) is 0 Å². The van der Waals surface area contributed by atoms with Gasteiger partial charge in [-0.05, 0) is 30.9 Å². The van der Waals surface area contributed by atoms with E-state index >= 15 is 0 Å². The van der Waals surface area contributed by atoms with E-state index in [-0.39, 0.29) is 17.5 Å². The van der Waals surface area contributed by atoms with Gasteiger partial charge < -0.3 is 10.4 Å². The molecular weight excluding hydrogens is 288 g/mol. The molecule has 0 aliphatic heterocycles. The zero-order valence-electron chi connectivity index (χ0n) is 12.0. The van der Waals surface area contributed by atoms with Gasteiger partial charge in [-0.2, -0.15) is 0 Å². The maximum atomic E-state index is 12.0. The molecule has 2 rings (SSSR count). The molecule has 2 unspecified atom stereocenters. The molecule has 0 saturated heterocycles. The molecule has 1 aliphatic carbocycles. The van der Waals surface area contributed by atoms with Crippen molar-refractivity contribution < 1.29 is 14.7 Å². The maximum absolute atomic E-state index is 12.0. The predicted molar refractivity (Wildman–Crippen MR) is 81.5 cm³/mol. The number of carbonyl (C=O) groups is 2. The minimum Gasteiger partial charge on any atom is -0.478 e. The largest absolute Gasteiger partial charge is 0.478 e. The van der Waals surface area contributed by atoms with E-state index in [2.05, 4.69) is 17.2 Å². The van der Waals surface area contributed by atoms with E-state index in [4.69, 9.17) is 5.11 Å². The molecule has 114 valence electrons. The number of aromatic carboxylic acids is 1.